The van der Waals surface area contributed by atoms with Gasteiger partial charge in [0.05, 0.1) is 99.7 Å². The molecule has 0 atom stereocenters. The number of esters is 4. The van der Waals surface area contributed by atoms with Crippen molar-refractivity contribution in [2.75, 3.05) is 59.5 Å². The topological polar surface area (TPSA) is 227 Å². The summed E-state index contributed by atoms with van der Waals surface area (Å²) in [7, 11) is 0. The Morgan fingerprint density at radius 3 is 1.41 bits per heavy atom. The SMILES string of the molecule is CCOC(=O)CCCOc1cccc(OCCCC(=O)OCC)c1-c1c2nc(c(-c3ccc(C)c(OCCCCCCn4ccnc4)c3)c3ccc([nH]3)c(-c3c(OCCCC(=O)OCC)cccc3OCCCC(=O)OCC)c3nc(cc4ccc1[nH]4)C=C3)C=C2. The molecule has 8 bridgehead atoms. The van der Waals surface area contributed by atoms with Gasteiger partial charge in [-0.15, -0.1) is 0 Å². The fraction of sp³-hybridized carbons (Fsp3) is 0.375. The van der Waals surface area contributed by atoms with Crippen molar-refractivity contribution in [3.05, 3.63) is 132 Å². The summed E-state index contributed by atoms with van der Waals surface area (Å²) < 4.78 is 56.2. The molecule has 0 saturated carbocycles. The van der Waals surface area contributed by atoms with Gasteiger partial charge in [0.25, 0.3) is 0 Å². The summed E-state index contributed by atoms with van der Waals surface area (Å²) in [4.78, 5) is 72.6. The molecular formula is C72H82N6O13. The number of hydrogen-bond acceptors (Lipinski definition) is 16. The molecule has 6 heterocycles. The van der Waals surface area contributed by atoms with E-state index >= 15 is 0 Å². The van der Waals surface area contributed by atoms with E-state index in [1.807, 2.05) is 110 Å². The average molecular weight is 1240 g/mol. The van der Waals surface area contributed by atoms with Gasteiger partial charge in [0, 0.05) is 83.4 Å². The van der Waals surface area contributed by atoms with Crippen LogP contribution in [0.1, 0.15) is 133 Å². The van der Waals surface area contributed by atoms with Gasteiger partial charge in [0.2, 0.25) is 0 Å². The Bertz CT molecular complexity index is 3660. The molecule has 3 aromatic carbocycles. The lowest BCUT2D eigenvalue weighted by Crippen LogP contribution is -2.08. The Morgan fingerprint density at radius 2 is 0.890 bits per heavy atom. The number of unbranched alkanes of at least 4 members (excludes halogenated alkanes) is 3. The van der Waals surface area contributed by atoms with Crippen LogP contribution in [0.5, 0.6) is 28.7 Å². The Morgan fingerprint density at radius 1 is 0.440 bits per heavy atom. The molecule has 91 heavy (non-hydrogen) atoms. The van der Waals surface area contributed by atoms with Crippen LogP contribution in [-0.2, 0) is 44.7 Å². The van der Waals surface area contributed by atoms with E-state index in [9.17, 15) is 19.2 Å². The van der Waals surface area contributed by atoms with Gasteiger partial charge in [0.1, 0.15) is 28.7 Å². The van der Waals surface area contributed by atoms with Crippen LogP contribution in [0.2, 0.25) is 0 Å². The minimum atomic E-state index is -0.306. The third-order valence-corrected chi connectivity index (χ3v) is 15.0. The van der Waals surface area contributed by atoms with E-state index in [2.05, 4.69) is 37.7 Å². The molecule has 4 aromatic heterocycles. The fourth-order valence-electron chi connectivity index (χ4n) is 10.8. The summed E-state index contributed by atoms with van der Waals surface area (Å²) in [6.07, 6.45) is 19.8. The summed E-state index contributed by atoms with van der Waals surface area (Å²) in [5, 5.41) is 0. The van der Waals surface area contributed by atoms with Gasteiger partial charge in [-0.05, 0) is 169 Å². The first-order valence-corrected chi connectivity index (χ1v) is 31.8. The van der Waals surface area contributed by atoms with Crippen LogP contribution >= 0.6 is 0 Å². The lowest BCUT2D eigenvalue weighted by Gasteiger charge is -2.18. The number of benzene rings is 3. The highest BCUT2D eigenvalue weighted by Gasteiger charge is 2.25. The van der Waals surface area contributed by atoms with Crippen LogP contribution < -0.4 is 23.7 Å². The van der Waals surface area contributed by atoms with Crippen molar-refractivity contribution in [2.24, 2.45) is 0 Å². The minimum Gasteiger partial charge on any atom is -0.493 e. The van der Waals surface area contributed by atoms with Gasteiger partial charge < -0.3 is 57.2 Å². The molecule has 0 aliphatic carbocycles. The maximum absolute atomic E-state index is 12.5. The summed E-state index contributed by atoms with van der Waals surface area (Å²) in [5.41, 5.74) is 10.4. The molecule has 0 fully saturated rings. The van der Waals surface area contributed by atoms with Crippen LogP contribution in [0.25, 0.3) is 79.8 Å². The molecule has 2 aliphatic heterocycles. The van der Waals surface area contributed by atoms with Crippen LogP contribution in [0.4, 0.5) is 0 Å². The minimum absolute atomic E-state index is 0.175. The second-order valence-electron chi connectivity index (χ2n) is 21.7. The van der Waals surface area contributed by atoms with Crippen molar-refractivity contribution >= 4 is 70.2 Å². The molecule has 19 nitrogen and oxygen atoms in total. The van der Waals surface area contributed by atoms with Crippen molar-refractivity contribution < 1.29 is 61.8 Å². The lowest BCUT2D eigenvalue weighted by molar-refractivity contribution is -0.144. The number of H-pyrrole nitrogens is 2. The molecule has 2 N–H and O–H groups in total. The van der Waals surface area contributed by atoms with E-state index < -0.39 is 0 Å². The van der Waals surface area contributed by atoms with Crippen molar-refractivity contribution in [1.82, 2.24) is 29.5 Å². The monoisotopic (exact) mass is 1240 g/mol. The van der Waals surface area contributed by atoms with Gasteiger partial charge >= 0.3 is 23.9 Å². The number of carbonyl (C=O) groups is 4. The van der Waals surface area contributed by atoms with E-state index in [-0.39, 0.29) is 102 Å². The quantitative estimate of drug-likeness (QED) is 0.0214. The number of ether oxygens (including phenoxy) is 9. The highest BCUT2D eigenvalue weighted by Crippen LogP contribution is 2.46. The van der Waals surface area contributed by atoms with Gasteiger partial charge in [-0.1, -0.05) is 37.1 Å². The second-order valence-corrected chi connectivity index (χ2v) is 21.7. The average Bonchev–Trinajstić information content (AvgIpc) is 1.84. The third-order valence-electron chi connectivity index (χ3n) is 15.0. The summed E-state index contributed by atoms with van der Waals surface area (Å²) >= 11 is 0. The van der Waals surface area contributed by atoms with Gasteiger partial charge in [-0.2, -0.15) is 0 Å². The highest BCUT2D eigenvalue weighted by atomic mass is 16.5. The number of hydrogen-bond donors (Lipinski definition) is 2. The molecule has 0 amide bonds. The van der Waals surface area contributed by atoms with E-state index in [0.29, 0.717) is 111 Å². The molecule has 7 aromatic rings. The summed E-state index contributed by atoms with van der Waals surface area (Å²) in [5.74, 6) is 1.50. The molecule has 2 aliphatic rings. The van der Waals surface area contributed by atoms with Crippen molar-refractivity contribution in [3.8, 4) is 62.1 Å². The zero-order valence-electron chi connectivity index (χ0n) is 52.8. The predicted molar refractivity (Wildman–Crippen MR) is 352 cm³/mol. The largest absolute Gasteiger partial charge is 0.493 e. The Labute approximate surface area is 531 Å². The normalized spacial score (nSPS) is 11.5. The van der Waals surface area contributed by atoms with E-state index in [4.69, 9.17) is 52.6 Å². The first-order chi connectivity index (χ1) is 44.5. The number of aromatic nitrogens is 6. The maximum atomic E-state index is 12.5. The predicted octanol–water partition coefficient (Wildman–Crippen LogP) is 14.7. The van der Waals surface area contributed by atoms with Gasteiger partial charge in [-0.3, -0.25) is 19.2 Å². The summed E-state index contributed by atoms with van der Waals surface area (Å²) in [6.45, 7) is 12.6. The van der Waals surface area contributed by atoms with E-state index in [1.165, 1.54) is 0 Å². The Kier molecular flexibility index (Phi) is 24.4. The van der Waals surface area contributed by atoms with Gasteiger partial charge in [0.15, 0.2) is 0 Å². The lowest BCUT2D eigenvalue weighted by atomic mass is 10.0. The molecule has 9 rings (SSSR count). The van der Waals surface area contributed by atoms with Crippen molar-refractivity contribution in [1.29, 1.82) is 0 Å². The molecule has 0 saturated heterocycles. The first kappa shape index (κ1) is 65.8. The number of nitrogens with one attached hydrogen (secondary N) is 2. The van der Waals surface area contributed by atoms with E-state index in [0.717, 1.165) is 65.7 Å². The third kappa shape index (κ3) is 18.3. The molecule has 0 spiro atoms. The van der Waals surface area contributed by atoms with Crippen molar-refractivity contribution in [3.63, 3.8) is 0 Å². The molecule has 0 radical (unpaired) electrons. The smallest absolute Gasteiger partial charge is 0.305 e. The molecule has 0 unspecified atom stereocenters. The summed E-state index contributed by atoms with van der Waals surface area (Å²) in [6, 6.07) is 27.4. The number of imidazole rings is 1. The van der Waals surface area contributed by atoms with E-state index in [1.54, 1.807) is 33.9 Å². The van der Waals surface area contributed by atoms with Gasteiger partial charge in [-0.25, -0.2) is 15.0 Å². The Balaban J connectivity index is 1.24. The molecule has 478 valence electrons. The number of aromatic amines is 2. The standard InChI is InChI=1S/C72H82N6O13/c1-6-83-64(79)24-16-42-87-59-20-14-21-60(88-43-17-25-65(80)84-7-2)71(59)69-55-32-30-51(74-55)47-52-31-33-56(75-52)70(72-61(89-44-18-26-66(81)85-8-3)22-15-23-62(72)90-45-19-27-67(82)86-9-4)58-37-35-54(77-58)68(53-34-36-57(69)76-53)50-29-28-49(5)63(46-50)91-41-13-11-10-12-39-78-40-38-73-48-78/h14-15,20-23,28-38,40,46-48,74,77H,6-13,16-19,24-27,39,41-45H2,1-5H3. The number of rotatable bonds is 35. The van der Waals surface area contributed by atoms with Crippen LogP contribution in [-0.4, -0.2) is 113 Å². The van der Waals surface area contributed by atoms with Crippen LogP contribution in [0.15, 0.2) is 104 Å². The maximum Gasteiger partial charge on any atom is 0.305 e. The van der Waals surface area contributed by atoms with Crippen LogP contribution in [0, 0.1) is 6.92 Å². The Hall–Kier alpha value is -9.65. The number of nitrogens with zero attached hydrogens (tertiary/aromatic N) is 4. The van der Waals surface area contributed by atoms with Crippen molar-refractivity contribution in [2.45, 2.75) is 118 Å². The molecular weight excluding hydrogens is 1160 g/mol. The second kappa shape index (κ2) is 33.8. The number of fused-ring (bicyclic) bond motifs is 8. The number of aryl methyl sites for hydroxylation is 2. The number of carbonyl (C=O) groups excluding carboxylic acids is 4. The highest BCUT2D eigenvalue weighted by molar-refractivity contribution is 6.00. The van der Waals surface area contributed by atoms with Crippen LogP contribution in [0.3, 0.4) is 0 Å². The first-order valence-electron chi connectivity index (χ1n) is 31.8. The zero-order chi connectivity index (χ0) is 63.7. The molecule has 19 heteroatoms. The zero-order valence-corrected chi connectivity index (χ0v) is 52.8. The fourth-order valence-corrected chi connectivity index (χ4v) is 10.8.